The first kappa shape index (κ1) is 9.79. The van der Waals surface area contributed by atoms with E-state index in [1.54, 1.807) is 5.38 Å². The Balaban J connectivity index is 2.46. The number of nitrogen functional groups attached to an aromatic ring is 1. The Bertz CT molecular complexity index is 496. The Morgan fingerprint density at radius 1 is 1.47 bits per heavy atom. The van der Waals surface area contributed by atoms with Crippen LogP contribution in [0.5, 0.6) is 0 Å². The topological polar surface area (TPSA) is 56.0 Å². The molecule has 0 fully saturated rings. The van der Waals surface area contributed by atoms with Gasteiger partial charge in [0.15, 0.2) is 5.01 Å². The van der Waals surface area contributed by atoms with Crippen molar-refractivity contribution in [2.45, 2.75) is 0 Å². The molecule has 1 aromatic carbocycles. The lowest BCUT2D eigenvalue weighted by Crippen LogP contribution is -2.04. The molecule has 3 nitrogen and oxygen atoms in total. The fourth-order valence-corrected chi connectivity index (χ4v) is 1.76. The maximum atomic E-state index is 13.3. The van der Waals surface area contributed by atoms with Crippen LogP contribution in [0.25, 0.3) is 0 Å². The summed E-state index contributed by atoms with van der Waals surface area (Å²) in [4.78, 5) is 15.6. The molecule has 0 unspecified atom stereocenters. The zero-order valence-corrected chi connectivity index (χ0v) is 8.42. The standard InChI is InChI=1S/C10H7FN2OS/c11-8-2-1-6(12)5-7(8)9(14)10-13-3-4-15-10/h1-5H,12H2. The first-order valence-electron chi connectivity index (χ1n) is 4.17. The number of aromatic nitrogens is 1. The van der Waals surface area contributed by atoms with Crippen LogP contribution in [-0.2, 0) is 0 Å². The zero-order chi connectivity index (χ0) is 10.8. The summed E-state index contributed by atoms with van der Waals surface area (Å²) in [7, 11) is 0. The number of ketones is 1. The second-order valence-electron chi connectivity index (χ2n) is 2.91. The Labute approximate surface area is 89.4 Å². The highest BCUT2D eigenvalue weighted by atomic mass is 32.1. The van der Waals surface area contributed by atoms with Gasteiger partial charge in [-0.1, -0.05) is 0 Å². The van der Waals surface area contributed by atoms with E-state index in [2.05, 4.69) is 4.98 Å². The molecule has 0 aliphatic carbocycles. The molecule has 0 aliphatic heterocycles. The molecular weight excluding hydrogens is 215 g/mol. The van der Waals surface area contributed by atoms with Crippen molar-refractivity contribution in [3.63, 3.8) is 0 Å². The van der Waals surface area contributed by atoms with Gasteiger partial charge in [-0.2, -0.15) is 0 Å². The lowest BCUT2D eigenvalue weighted by Gasteiger charge is -2.00. The summed E-state index contributed by atoms with van der Waals surface area (Å²) in [5.41, 5.74) is 5.80. The molecule has 15 heavy (non-hydrogen) atoms. The highest BCUT2D eigenvalue weighted by Crippen LogP contribution is 2.17. The van der Waals surface area contributed by atoms with E-state index in [-0.39, 0.29) is 10.6 Å². The van der Waals surface area contributed by atoms with Crippen LogP contribution in [0.4, 0.5) is 10.1 Å². The van der Waals surface area contributed by atoms with Crippen LogP contribution in [0.2, 0.25) is 0 Å². The summed E-state index contributed by atoms with van der Waals surface area (Å²) in [6.45, 7) is 0. The quantitative estimate of drug-likeness (QED) is 0.625. The van der Waals surface area contributed by atoms with Gasteiger partial charge in [0.25, 0.3) is 0 Å². The molecule has 0 bridgehead atoms. The highest BCUT2D eigenvalue weighted by Gasteiger charge is 2.16. The number of anilines is 1. The van der Waals surface area contributed by atoms with E-state index in [4.69, 9.17) is 5.73 Å². The van der Waals surface area contributed by atoms with Gasteiger partial charge in [0.1, 0.15) is 5.82 Å². The summed E-state index contributed by atoms with van der Waals surface area (Å²) in [5.74, 6) is -1.01. The molecule has 0 atom stereocenters. The van der Waals surface area contributed by atoms with E-state index in [9.17, 15) is 9.18 Å². The van der Waals surface area contributed by atoms with Crippen molar-refractivity contribution in [3.8, 4) is 0 Å². The molecular formula is C10H7FN2OS. The Morgan fingerprint density at radius 3 is 2.93 bits per heavy atom. The number of rotatable bonds is 2. The molecule has 2 rings (SSSR count). The van der Waals surface area contributed by atoms with Crippen LogP contribution in [0.3, 0.4) is 0 Å². The van der Waals surface area contributed by atoms with E-state index in [1.165, 1.54) is 35.7 Å². The maximum Gasteiger partial charge on any atom is 0.224 e. The summed E-state index contributed by atoms with van der Waals surface area (Å²) in [6.07, 6.45) is 1.50. The van der Waals surface area contributed by atoms with Gasteiger partial charge in [-0.05, 0) is 18.2 Å². The third-order valence-electron chi connectivity index (χ3n) is 1.86. The molecule has 0 saturated heterocycles. The number of benzene rings is 1. The van der Waals surface area contributed by atoms with Crippen molar-refractivity contribution in [3.05, 3.63) is 46.2 Å². The molecule has 0 aliphatic rings. The highest BCUT2D eigenvalue weighted by molar-refractivity contribution is 7.11. The Hall–Kier alpha value is -1.75. The third kappa shape index (κ3) is 1.87. The number of hydrogen-bond donors (Lipinski definition) is 1. The molecule has 0 radical (unpaired) electrons. The predicted octanol–water partition coefficient (Wildman–Crippen LogP) is 2.10. The van der Waals surface area contributed by atoms with Gasteiger partial charge in [0, 0.05) is 17.3 Å². The van der Waals surface area contributed by atoms with E-state index in [0.29, 0.717) is 5.69 Å². The van der Waals surface area contributed by atoms with Crippen LogP contribution in [0, 0.1) is 5.82 Å². The number of carbonyl (C=O) groups is 1. The van der Waals surface area contributed by atoms with Gasteiger partial charge in [0.2, 0.25) is 5.78 Å². The van der Waals surface area contributed by atoms with Crippen LogP contribution < -0.4 is 5.73 Å². The zero-order valence-electron chi connectivity index (χ0n) is 7.61. The number of hydrogen-bond acceptors (Lipinski definition) is 4. The fourth-order valence-electron chi connectivity index (χ4n) is 1.17. The van der Waals surface area contributed by atoms with Gasteiger partial charge in [-0.15, -0.1) is 11.3 Å². The third-order valence-corrected chi connectivity index (χ3v) is 2.63. The molecule has 76 valence electrons. The molecule has 1 aromatic heterocycles. The van der Waals surface area contributed by atoms with Crippen LogP contribution in [0.1, 0.15) is 15.4 Å². The van der Waals surface area contributed by atoms with Gasteiger partial charge < -0.3 is 5.73 Å². The fraction of sp³-hybridized carbons (Fsp3) is 0. The van der Waals surface area contributed by atoms with Crippen molar-refractivity contribution >= 4 is 22.8 Å². The molecule has 5 heteroatoms. The lowest BCUT2D eigenvalue weighted by atomic mass is 10.1. The van der Waals surface area contributed by atoms with Crippen molar-refractivity contribution < 1.29 is 9.18 Å². The number of halogens is 1. The molecule has 1 heterocycles. The van der Waals surface area contributed by atoms with Crippen LogP contribution in [0.15, 0.2) is 29.8 Å². The minimum atomic E-state index is -0.579. The van der Waals surface area contributed by atoms with Gasteiger partial charge >= 0.3 is 0 Å². The van der Waals surface area contributed by atoms with Crippen LogP contribution in [-0.4, -0.2) is 10.8 Å². The summed E-state index contributed by atoms with van der Waals surface area (Å²) >= 11 is 1.17. The SMILES string of the molecule is Nc1ccc(F)c(C(=O)c2nccs2)c1. The minimum absolute atomic E-state index is 0.0371. The largest absolute Gasteiger partial charge is 0.399 e. The van der Waals surface area contributed by atoms with Crippen molar-refractivity contribution in [2.75, 3.05) is 5.73 Å². The second-order valence-corrected chi connectivity index (χ2v) is 3.80. The number of nitrogens with zero attached hydrogens (tertiary/aromatic N) is 1. The molecule has 2 N–H and O–H groups in total. The van der Waals surface area contributed by atoms with Gasteiger partial charge in [-0.25, -0.2) is 9.37 Å². The van der Waals surface area contributed by atoms with Crippen molar-refractivity contribution in [1.29, 1.82) is 0 Å². The van der Waals surface area contributed by atoms with Gasteiger partial charge in [0.05, 0.1) is 5.56 Å². The first-order chi connectivity index (χ1) is 7.18. The molecule has 0 spiro atoms. The van der Waals surface area contributed by atoms with E-state index < -0.39 is 11.6 Å². The van der Waals surface area contributed by atoms with E-state index in [1.807, 2.05) is 0 Å². The normalized spacial score (nSPS) is 10.2. The number of nitrogens with two attached hydrogens (primary N) is 1. The molecule has 2 aromatic rings. The smallest absolute Gasteiger partial charge is 0.224 e. The molecule has 0 saturated carbocycles. The monoisotopic (exact) mass is 222 g/mol. The van der Waals surface area contributed by atoms with E-state index >= 15 is 0 Å². The Morgan fingerprint density at radius 2 is 2.27 bits per heavy atom. The number of thiazole rings is 1. The number of carbonyl (C=O) groups excluding carboxylic acids is 1. The average molecular weight is 222 g/mol. The summed E-state index contributed by atoms with van der Waals surface area (Å²) in [5, 5.41) is 1.93. The second kappa shape index (κ2) is 3.78. The van der Waals surface area contributed by atoms with Crippen molar-refractivity contribution in [2.24, 2.45) is 0 Å². The van der Waals surface area contributed by atoms with Crippen LogP contribution >= 0.6 is 11.3 Å². The first-order valence-corrected chi connectivity index (χ1v) is 5.05. The lowest BCUT2D eigenvalue weighted by molar-refractivity contribution is 0.103. The predicted molar refractivity (Wildman–Crippen MR) is 56.4 cm³/mol. The average Bonchev–Trinajstić information content (AvgIpc) is 2.74. The Kier molecular flexibility index (Phi) is 2.47. The summed E-state index contributed by atoms with van der Waals surface area (Å²) in [6, 6.07) is 3.91. The maximum absolute atomic E-state index is 13.3. The summed E-state index contributed by atoms with van der Waals surface area (Å²) < 4.78 is 13.3. The molecule has 0 amide bonds. The minimum Gasteiger partial charge on any atom is -0.399 e. The van der Waals surface area contributed by atoms with E-state index in [0.717, 1.165) is 0 Å². The van der Waals surface area contributed by atoms with Gasteiger partial charge in [-0.3, -0.25) is 4.79 Å². The van der Waals surface area contributed by atoms with Crippen molar-refractivity contribution in [1.82, 2.24) is 4.98 Å².